The maximum atomic E-state index is 13.1. The largest absolute Gasteiger partial charge is 0.472 e. The monoisotopic (exact) mass is 1410 g/mol. The van der Waals surface area contributed by atoms with Crippen molar-refractivity contribution in [3.8, 4) is 0 Å². The van der Waals surface area contributed by atoms with Gasteiger partial charge in [-0.1, -0.05) is 238 Å². The van der Waals surface area contributed by atoms with Crippen molar-refractivity contribution in [1.29, 1.82) is 0 Å². The number of aliphatic hydroxyl groups excluding tert-OH is 1. The first-order chi connectivity index (χ1) is 47.7. The molecule has 5 unspecified atom stereocenters. The van der Waals surface area contributed by atoms with Gasteiger partial charge in [0.1, 0.15) is 19.3 Å². The molecule has 3 N–H and O–H groups in total. The van der Waals surface area contributed by atoms with Gasteiger partial charge in [0.25, 0.3) is 0 Å². The van der Waals surface area contributed by atoms with Crippen LogP contribution in [0.2, 0.25) is 0 Å². The SMILES string of the molecule is CC/C=C\C/C=C\C/C=C\C/C=C\CCCCC(=O)OCC(COP(=O)(O)OCC(O)COP(=O)(O)OCC(COC(=O)CCCCCCC/C=C\C/C=C\C/C=C\CC)OC(=O)CCCCCCC/C=C\C/C=C\CCC)OC(=O)CCCCCCC/C=C\C/C=C\CCCCC. The maximum Gasteiger partial charge on any atom is 0.472 e. The first-order valence-corrected chi connectivity index (χ1v) is 40.4. The Kier molecular flexibility index (Phi) is 67.2. The van der Waals surface area contributed by atoms with Crippen LogP contribution in [0.3, 0.4) is 0 Å². The van der Waals surface area contributed by atoms with Gasteiger partial charge in [-0.25, -0.2) is 9.13 Å². The van der Waals surface area contributed by atoms with Gasteiger partial charge in [0.2, 0.25) is 0 Å². The van der Waals surface area contributed by atoms with Crippen molar-refractivity contribution in [2.45, 2.75) is 303 Å². The lowest BCUT2D eigenvalue weighted by molar-refractivity contribution is -0.161. The number of ether oxygens (including phenoxy) is 4. The maximum absolute atomic E-state index is 13.1. The van der Waals surface area contributed by atoms with Crippen molar-refractivity contribution in [2.24, 2.45) is 0 Å². The second-order valence-corrected chi connectivity index (χ2v) is 27.4. The van der Waals surface area contributed by atoms with Crippen LogP contribution in [-0.2, 0) is 65.4 Å². The molecule has 560 valence electrons. The molecule has 0 rings (SSSR count). The number of aliphatic hydroxyl groups is 1. The molecule has 0 heterocycles. The fourth-order valence-corrected chi connectivity index (χ4v) is 11.0. The molecule has 0 fully saturated rings. The van der Waals surface area contributed by atoms with E-state index in [1.165, 1.54) is 19.3 Å². The van der Waals surface area contributed by atoms with Crippen LogP contribution >= 0.6 is 15.6 Å². The summed E-state index contributed by atoms with van der Waals surface area (Å²) in [5, 5.41) is 10.6. The highest BCUT2D eigenvalue weighted by Gasteiger charge is 2.30. The quantitative estimate of drug-likeness (QED) is 0.0169. The van der Waals surface area contributed by atoms with Crippen molar-refractivity contribution in [3.05, 3.63) is 134 Å². The molecule has 0 radical (unpaired) electrons. The molecule has 5 atom stereocenters. The Hall–Kier alpha value is -4.80. The number of hydrogen-bond acceptors (Lipinski definition) is 15. The Morgan fingerprint density at radius 2 is 0.551 bits per heavy atom. The molecule has 19 heteroatoms. The second kappa shape index (κ2) is 70.6. The Bertz CT molecular complexity index is 2380. The summed E-state index contributed by atoms with van der Waals surface area (Å²) in [6.07, 6.45) is 77.3. The average molecular weight is 1420 g/mol. The first-order valence-electron chi connectivity index (χ1n) is 37.4. The van der Waals surface area contributed by atoms with Crippen LogP contribution < -0.4 is 0 Å². The van der Waals surface area contributed by atoms with Crippen LogP contribution in [0.25, 0.3) is 0 Å². The molecule has 0 aliphatic carbocycles. The zero-order chi connectivity index (χ0) is 71.8. The lowest BCUT2D eigenvalue weighted by atomic mass is 10.1. The number of esters is 4. The number of carbonyl (C=O) groups excluding carboxylic acids is 4. The molecule has 0 aliphatic rings. The molecule has 0 aromatic carbocycles. The number of phosphoric acid groups is 2. The molecule has 0 spiro atoms. The summed E-state index contributed by atoms with van der Waals surface area (Å²) in [6.45, 7) is 4.44. The fourth-order valence-electron chi connectivity index (χ4n) is 9.41. The highest BCUT2D eigenvalue weighted by atomic mass is 31.2. The summed E-state index contributed by atoms with van der Waals surface area (Å²) in [4.78, 5) is 72.8. The van der Waals surface area contributed by atoms with Crippen LogP contribution in [0.4, 0.5) is 0 Å². The number of rotatable bonds is 69. The fraction of sp³-hybridized carbons (Fsp3) is 0.671. The smallest absolute Gasteiger partial charge is 0.462 e. The third-order valence-electron chi connectivity index (χ3n) is 15.1. The Morgan fingerprint density at radius 3 is 0.878 bits per heavy atom. The lowest BCUT2D eigenvalue weighted by Crippen LogP contribution is -2.30. The number of unbranched alkanes of at least 4 members (excludes halogenated alkanes) is 21. The Morgan fingerprint density at radius 1 is 0.296 bits per heavy atom. The molecule has 0 saturated carbocycles. The van der Waals surface area contributed by atoms with Gasteiger partial charge in [-0.05, 0) is 154 Å². The summed E-state index contributed by atoms with van der Waals surface area (Å²) < 4.78 is 68.4. The van der Waals surface area contributed by atoms with Crippen LogP contribution in [-0.4, -0.2) is 96.7 Å². The number of phosphoric ester groups is 2. The second-order valence-electron chi connectivity index (χ2n) is 24.5. The van der Waals surface area contributed by atoms with Crippen LogP contribution in [0.1, 0.15) is 285 Å². The van der Waals surface area contributed by atoms with Gasteiger partial charge in [0.15, 0.2) is 12.2 Å². The minimum atomic E-state index is -4.99. The van der Waals surface area contributed by atoms with Gasteiger partial charge < -0.3 is 33.8 Å². The van der Waals surface area contributed by atoms with Gasteiger partial charge in [-0.2, -0.15) is 0 Å². The topological polar surface area (TPSA) is 237 Å². The highest BCUT2D eigenvalue weighted by Crippen LogP contribution is 2.45. The Labute approximate surface area is 593 Å². The molecule has 0 bridgehead atoms. The molecular weight excluding hydrogens is 1280 g/mol. The summed E-state index contributed by atoms with van der Waals surface area (Å²) in [6, 6.07) is 0. The average Bonchev–Trinajstić information content (AvgIpc) is 1.04. The molecule has 0 aliphatic heterocycles. The standard InChI is InChI=1S/C79H132O17P2/c1-5-9-13-17-21-25-29-33-36-40-43-47-51-55-59-63-76(81)89-69-74(95-78(83)65-61-57-53-49-45-39-32-28-24-20-16-12-8-4)71-93-97(85,86)91-67-73(80)68-92-98(87,88)94-72-75(96-79(84)66-62-58-54-50-46-42-38-35-31-27-23-19-15-11-7-3)70-90-77(82)64-60-56-52-48-44-41-37-34-30-26-22-18-14-10-6-2/h9-10,13-14,16,20-23,25-28,32-38,44,48,73-75,80H,5-8,11-12,15,17-19,24,29-31,39-43,45-47,49-72H2,1-4H3,(H,85,86)(H,87,88)/b13-9-,14-10-,20-16-,25-21-,26-22-,27-23-,32-28-,36-33-,37-34-,38-35-,48-44-. The minimum absolute atomic E-state index is 0.0661. The van der Waals surface area contributed by atoms with Gasteiger partial charge in [0, 0.05) is 25.7 Å². The third-order valence-corrected chi connectivity index (χ3v) is 17.0. The molecule has 0 aromatic rings. The summed E-state index contributed by atoms with van der Waals surface area (Å²) in [5.74, 6) is -2.28. The number of allylic oxidation sites excluding steroid dienone is 22. The third kappa shape index (κ3) is 69.7. The van der Waals surface area contributed by atoms with Gasteiger partial charge in [-0.3, -0.25) is 37.3 Å². The van der Waals surface area contributed by atoms with E-state index < -0.39 is 97.5 Å². The predicted octanol–water partition coefficient (Wildman–Crippen LogP) is 21.3. The van der Waals surface area contributed by atoms with Gasteiger partial charge in [-0.15, -0.1) is 0 Å². The first kappa shape index (κ1) is 93.2. The van der Waals surface area contributed by atoms with Crippen molar-refractivity contribution in [1.82, 2.24) is 0 Å². The van der Waals surface area contributed by atoms with E-state index in [1.54, 1.807) is 0 Å². The van der Waals surface area contributed by atoms with E-state index in [1.807, 2.05) is 0 Å². The van der Waals surface area contributed by atoms with Crippen LogP contribution in [0, 0.1) is 0 Å². The molecular formula is C79H132O17P2. The van der Waals surface area contributed by atoms with E-state index >= 15 is 0 Å². The molecule has 98 heavy (non-hydrogen) atoms. The van der Waals surface area contributed by atoms with E-state index in [0.717, 1.165) is 186 Å². The van der Waals surface area contributed by atoms with Crippen molar-refractivity contribution in [2.75, 3.05) is 39.6 Å². The van der Waals surface area contributed by atoms with Crippen LogP contribution in [0.15, 0.2) is 134 Å². The molecule has 0 saturated heterocycles. The molecule has 17 nitrogen and oxygen atoms in total. The lowest BCUT2D eigenvalue weighted by Gasteiger charge is -2.21. The zero-order valence-corrected chi connectivity index (χ0v) is 62.7. The van der Waals surface area contributed by atoms with Gasteiger partial charge in [0.05, 0.1) is 26.4 Å². The van der Waals surface area contributed by atoms with E-state index in [2.05, 4.69) is 161 Å². The van der Waals surface area contributed by atoms with E-state index in [0.29, 0.717) is 25.7 Å². The van der Waals surface area contributed by atoms with Crippen molar-refractivity contribution < 1.29 is 80.2 Å². The number of hydrogen-bond donors (Lipinski definition) is 3. The zero-order valence-electron chi connectivity index (χ0n) is 60.9. The summed E-state index contributed by atoms with van der Waals surface area (Å²) in [5.41, 5.74) is 0. The predicted molar refractivity (Wildman–Crippen MR) is 399 cm³/mol. The Balaban J connectivity index is 5.42. The van der Waals surface area contributed by atoms with Crippen molar-refractivity contribution >= 4 is 39.5 Å². The minimum Gasteiger partial charge on any atom is -0.462 e. The summed E-state index contributed by atoms with van der Waals surface area (Å²) >= 11 is 0. The highest BCUT2D eigenvalue weighted by molar-refractivity contribution is 7.47. The summed E-state index contributed by atoms with van der Waals surface area (Å²) in [7, 11) is -9.98. The van der Waals surface area contributed by atoms with E-state index in [-0.39, 0.29) is 25.7 Å². The van der Waals surface area contributed by atoms with Crippen molar-refractivity contribution in [3.63, 3.8) is 0 Å². The van der Waals surface area contributed by atoms with Gasteiger partial charge >= 0.3 is 39.5 Å². The normalized spacial score (nSPS) is 14.7. The van der Waals surface area contributed by atoms with Crippen LogP contribution in [0.5, 0.6) is 0 Å². The van der Waals surface area contributed by atoms with E-state index in [4.69, 9.17) is 37.0 Å². The number of carbonyl (C=O) groups is 4. The molecule has 0 amide bonds. The van der Waals surface area contributed by atoms with E-state index in [9.17, 15) is 43.2 Å². The molecule has 0 aromatic heterocycles.